The van der Waals surface area contributed by atoms with Gasteiger partial charge >= 0.3 is 11.9 Å². The molecule has 0 aromatic rings. The molecule has 5 aliphatic carbocycles. The molecule has 7 fully saturated rings. The first kappa shape index (κ1) is 53.3. The Morgan fingerprint density at radius 1 is 0.667 bits per heavy atom. The van der Waals surface area contributed by atoms with Crippen LogP contribution in [0.25, 0.3) is 0 Å². The van der Waals surface area contributed by atoms with Crippen molar-refractivity contribution in [2.75, 3.05) is 33.5 Å². The SMILES string of the molecule is COC(=O)[C@@]1(C)CC[C@]2(C(=O)O[C@@H]3O[C@H](CO)[C@@H](O)[C@H](O)[C@H]3O)CC[C@]3(C)C(=CC[C@@H]4[C@@]5(C)C[C@H](O)[C@H](O[C@@H]6OC[C@@H](O)[C@H](O)[C@H]6O[C@@H]6O[C@H](CO)[C@@H](O)[C@H](O)[C@H]6O)[C@@](C)(CO)[C@@H]5CC[C@]43C)[C@@H]2C1. The maximum atomic E-state index is 14.8. The van der Waals surface area contributed by atoms with Crippen molar-refractivity contribution < 1.29 is 104 Å². The Morgan fingerprint density at radius 2 is 1.28 bits per heavy atom. The van der Waals surface area contributed by atoms with E-state index in [1.54, 1.807) is 0 Å². The first-order valence-electron chi connectivity index (χ1n) is 24.5. The van der Waals surface area contributed by atoms with E-state index in [2.05, 4.69) is 26.8 Å². The average Bonchev–Trinajstić information content (AvgIpc) is 3.32. The summed E-state index contributed by atoms with van der Waals surface area (Å²) in [6.45, 7) is 7.99. The van der Waals surface area contributed by atoms with Crippen molar-refractivity contribution in [1.29, 1.82) is 0 Å². The highest BCUT2D eigenvalue weighted by Gasteiger charge is 2.72. The number of rotatable bonds is 10. The quantitative estimate of drug-likeness (QED) is 0.0632. The first-order valence-corrected chi connectivity index (χ1v) is 24.5. The van der Waals surface area contributed by atoms with Crippen LogP contribution < -0.4 is 0 Å². The molecule has 4 saturated carbocycles. The number of methoxy groups -OCH3 is 1. The van der Waals surface area contributed by atoms with Gasteiger partial charge in [-0.05, 0) is 98.7 Å². The lowest BCUT2D eigenvalue weighted by atomic mass is 9.33. The number of fused-ring (bicyclic) bond motifs is 7. The van der Waals surface area contributed by atoms with E-state index in [9.17, 15) is 70.9 Å². The van der Waals surface area contributed by atoms with Crippen LogP contribution in [-0.4, -0.2) is 205 Å². The molecule has 3 saturated heterocycles. The second kappa shape index (κ2) is 19.0. The van der Waals surface area contributed by atoms with Crippen LogP contribution in [0.1, 0.15) is 92.4 Å². The Morgan fingerprint density at radius 3 is 1.88 bits per heavy atom. The van der Waals surface area contributed by atoms with Crippen LogP contribution in [0.4, 0.5) is 0 Å². The zero-order valence-electron chi connectivity index (χ0n) is 40.3. The van der Waals surface area contributed by atoms with E-state index >= 15 is 0 Å². The number of hydrogen-bond acceptors (Lipinski definition) is 21. The van der Waals surface area contributed by atoms with Crippen LogP contribution in [0.3, 0.4) is 0 Å². The van der Waals surface area contributed by atoms with Gasteiger partial charge in [-0.25, -0.2) is 0 Å². The van der Waals surface area contributed by atoms with Gasteiger partial charge in [-0.15, -0.1) is 0 Å². The fraction of sp³-hybridized carbons (Fsp3) is 0.917. The molecule has 25 atom stereocenters. The monoisotopic (exact) mass is 988 g/mol. The number of ether oxygens (including phenoxy) is 7. The lowest BCUT2D eigenvalue weighted by Gasteiger charge is -2.71. The highest BCUT2D eigenvalue weighted by Crippen LogP contribution is 2.76. The Hall–Kier alpha value is -2.00. The van der Waals surface area contributed by atoms with Gasteiger partial charge in [0.2, 0.25) is 6.29 Å². The Kier molecular flexibility index (Phi) is 14.7. The fourth-order valence-corrected chi connectivity index (χ4v) is 15.1. The number of allylic oxidation sites excluding steroid dienone is 2. The largest absolute Gasteiger partial charge is 0.469 e. The minimum absolute atomic E-state index is 0.0895. The third-order valence-electron chi connectivity index (χ3n) is 19.5. The molecule has 0 aromatic carbocycles. The molecule has 69 heavy (non-hydrogen) atoms. The van der Waals surface area contributed by atoms with E-state index in [0.29, 0.717) is 38.5 Å². The summed E-state index contributed by atoms with van der Waals surface area (Å²) in [5, 5.41) is 129. The molecular weight excluding hydrogens is 913 g/mol. The van der Waals surface area contributed by atoms with Gasteiger partial charge < -0.3 is 94.4 Å². The second-order valence-electron chi connectivity index (χ2n) is 22.9. The van der Waals surface area contributed by atoms with Crippen LogP contribution in [-0.2, 0) is 42.7 Å². The van der Waals surface area contributed by atoms with Gasteiger partial charge in [-0.3, -0.25) is 9.59 Å². The molecule has 8 rings (SSSR count). The Balaban J connectivity index is 1.09. The molecule has 12 N–H and O–H groups in total. The van der Waals surface area contributed by atoms with E-state index in [-0.39, 0.29) is 31.1 Å². The van der Waals surface area contributed by atoms with Gasteiger partial charge in [-0.2, -0.15) is 0 Å². The van der Waals surface area contributed by atoms with E-state index in [1.807, 2.05) is 13.8 Å². The van der Waals surface area contributed by atoms with E-state index in [0.717, 1.165) is 5.57 Å². The first-order chi connectivity index (χ1) is 32.4. The van der Waals surface area contributed by atoms with Gasteiger partial charge in [0, 0.05) is 5.41 Å². The van der Waals surface area contributed by atoms with Crippen molar-refractivity contribution in [2.45, 2.75) is 191 Å². The Bertz CT molecular complexity index is 1920. The summed E-state index contributed by atoms with van der Waals surface area (Å²) in [4.78, 5) is 28.3. The molecule has 3 heterocycles. The topological polar surface area (TPSA) is 342 Å². The molecule has 21 nitrogen and oxygen atoms in total. The average molecular weight is 989 g/mol. The second-order valence-corrected chi connectivity index (χ2v) is 22.9. The maximum absolute atomic E-state index is 14.8. The van der Waals surface area contributed by atoms with Gasteiger partial charge in [0.25, 0.3) is 0 Å². The number of carbonyl (C=O) groups excluding carboxylic acids is 2. The van der Waals surface area contributed by atoms with E-state index in [4.69, 9.17) is 33.2 Å². The summed E-state index contributed by atoms with van der Waals surface area (Å²) < 4.78 is 40.8. The summed E-state index contributed by atoms with van der Waals surface area (Å²) >= 11 is 0. The minimum Gasteiger partial charge on any atom is -0.469 e. The smallest absolute Gasteiger partial charge is 0.315 e. The predicted molar refractivity (Wildman–Crippen MR) is 233 cm³/mol. The van der Waals surface area contributed by atoms with Crippen LogP contribution in [0.15, 0.2) is 11.6 Å². The molecule has 0 bridgehead atoms. The van der Waals surface area contributed by atoms with Crippen LogP contribution in [0, 0.1) is 50.2 Å². The van der Waals surface area contributed by atoms with E-state index in [1.165, 1.54) is 7.11 Å². The molecule has 0 aromatic heterocycles. The zero-order chi connectivity index (χ0) is 50.6. The summed E-state index contributed by atoms with van der Waals surface area (Å²) in [6, 6.07) is 0. The summed E-state index contributed by atoms with van der Waals surface area (Å²) in [7, 11) is 1.33. The van der Waals surface area contributed by atoms with Crippen molar-refractivity contribution in [1.82, 2.24) is 0 Å². The molecule has 0 unspecified atom stereocenters. The third-order valence-corrected chi connectivity index (χ3v) is 19.5. The summed E-state index contributed by atoms with van der Waals surface area (Å²) in [6.07, 6.45) is -19.4. The van der Waals surface area contributed by atoms with Crippen molar-refractivity contribution >= 4 is 11.9 Å². The van der Waals surface area contributed by atoms with Gasteiger partial charge in [0.05, 0.1) is 56.6 Å². The van der Waals surface area contributed by atoms with Crippen molar-refractivity contribution in [2.24, 2.45) is 50.2 Å². The van der Waals surface area contributed by atoms with Gasteiger partial charge in [0.15, 0.2) is 12.6 Å². The number of carbonyl (C=O) groups is 2. The Labute approximate surface area is 401 Å². The minimum atomic E-state index is -1.84. The molecular formula is C48H76O21. The zero-order valence-corrected chi connectivity index (χ0v) is 40.3. The standard InChI is InChI=1S/C48H76O21/c1-43(41(61)63-6)11-13-48(42(62)69-39-35(60)33(58)31(56)26(18-50)66-39)14-12-46(4)21(22(48)15-43)7-8-28-44(2)16-23(52)37(45(3,20-51)27(44)9-10-47(28,46)5)68-40-36(29(54)24(53)19-64-40)67-38-34(59)32(57)30(55)25(17-49)65-38/h7,22-40,49-60H,8-20H2,1-6H3/t22-,23-,24+,25+,26+,27+,28+,29-,30+,31+,32-,33-,34+,35+,36+,37-,38-,39-,40-,43-,44-,45-,46+,47+,48-/m0/s1. The number of esters is 2. The highest BCUT2D eigenvalue weighted by molar-refractivity contribution is 5.81. The molecule has 0 radical (unpaired) electrons. The fourth-order valence-electron chi connectivity index (χ4n) is 15.1. The van der Waals surface area contributed by atoms with Crippen LogP contribution >= 0.6 is 0 Å². The normalized spacial score (nSPS) is 54.2. The predicted octanol–water partition coefficient (Wildman–Crippen LogP) is -2.12. The molecule has 0 spiro atoms. The molecule has 394 valence electrons. The maximum Gasteiger partial charge on any atom is 0.315 e. The van der Waals surface area contributed by atoms with Gasteiger partial charge in [0.1, 0.15) is 67.1 Å². The third kappa shape index (κ3) is 8.16. The molecule has 3 aliphatic heterocycles. The summed E-state index contributed by atoms with van der Waals surface area (Å²) in [5.74, 6) is -1.98. The molecule has 0 amide bonds. The van der Waals surface area contributed by atoms with Gasteiger partial charge in [-0.1, -0.05) is 39.3 Å². The van der Waals surface area contributed by atoms with Crippen LogP contribution in [0.5, 0.6) is 0 Å². The summed E-state index contributed by atoms with van der Waals surface area (Å²) in [5.41, 5.74) is -3.95. The number of aliphatic hydroxyl groups excluding tert-OH is 12. The highest BCUT2D eigenvalue weighted by atomic mass is 16.8. The van der Waals surface area contributed by atoms with Crippen molar-refractivity contribution in [3.05, 3.63) is 11.6 Å². The van der Waals surface area contributed by atoms with Crippen molar-refractivity contribution in [3.63, 3.8) is 0 Å². The lowest BCUT2D eigenvalue weighted by Crippen LogP contribution is -2.69. The number of aliphatic hydroxyl groups is 12. The lowest BCUT2D eigenvalue weighted by molar-refractivity contribution is -0.373. The van der Waals surface area contributed by atoms with Crippen molar-refractivity contribution in [3.8, 4) is 0 Å². The number of hydrogen-bond donors (Lipinski definition) is 12. The molecule has 21 heteroatoms. The van der Waals surface area contributed by atoms with E-state index < -0.39 is 175 Å². The van der Waals surface area contributed by atoms with Crippen LogP contribution in [0.2, 0.25) is 0 Å². The molecule has 8 aliphatic rings.